The molecule has 5 rings (SSSR count). The number of aromatic hydroxyl groups is 1. The molecule has 2 nitrogen and oxygen atoms in total. The number of hydrogen-bond donors (Lipinski definition) is 1. The molecule has 0 aliphatic heterocycles. The molecule has 0 saturated heterocycles. The maximum atomic E-state index is 11.3. The van der Waals surface area contributed by atoms with Crippen LogP contribution >= 0.6 is 18.6 Å². The Morgan fingerprint density at radius 1 is 0.909 bits per heavy atom. The fourth-order valence-electron chi connectivity index (χ4n) is 6.91. The first-order valence-corrected chi connectivity index (χ1v) is 16.8. The van der Waals surface area contributed by atoms with Crippen LogP contribution in [0.3, 0.4) is 0 Å². The van der Waals surface area contributed by atoms with E-state index >= 15 is 0 Å². The Balaban J connectivity index is 0.000000821. The number of aryl methyl sites for hydroxylation is 1. The molecule has 0 heterocycles. The van der Waals surface area contributed by atoms with E-state index in [-0.39, 0.29) is 0 Å². The molecule has 0 amide bonds. The summed E-state index contributed by atoms with van der Waals surface area (Å²) in [6.07, 6.45) is 14.4. The number of phenolic OH excluding ortho intramolecular Hbond substituents is 1. The van der Waals surface area contributed by atoms with Crippen molar-refractivity contribution in [3.05, 3.63) is 59.2 Å². The van der Waals surface area contributed by atoms with Crippen LogP contribution in [-0.4, -0.2) is 11.3 Å². The van der Waals surface area contributed by atoms with Crippen molar-refractivity contribution < 1.29 is 22.1 Å². The molecule has 0 spiro atoms. The monoisotopic (exact) mass is 519 g/mol. The van der Waals surface area contributed by atoms with Crippen molar-refractivity contribution in [3.8, 4) is 5.75 Å². The van der Waals surface area contributed by atoms with Crippen molar-refractivity contribution in [1.29, 1.82) is 0 Å². The van der Waals surface area contributed by atoms with E-state index < -0.39 is 17.0 Å². The molecular formula is C28H35Cl2NOTi. The summed E-state index contributed by atoms with van der Waals surface area (Å²) >= 11 is -0.556. The average molecular weight is 520 g/mol. The van der Waals surface area contributed by atoms with Crippen molar-refractivity contribution in [3.63, 3.8) is 0 Å². The predicted octanol–water partition coefficient (Wildman–Crippen LogP) is 8.93. The summed E-state index contributed by atoms with van der Waals surface area (Å²) in [4.78, 5) is 4.62. The number of rotatable bonds is 3. The van der Waals surface area contributed by atoms with Gasteiger partial charge in [-0.1, -0.05) is 62.8 Å². The van der Waals surface area contributed by atoms with Crippen LogP contribution in [0.2, 0.25) is 0 Å². The number of halogens is 2. The van der Waals surface area contributed by atoms with Crippen LogP contribution in [0.25, 0.3) is 0 Å². The van der Waals surface area contributed by atoms with Gasteiger partial charge in [-0.15, -0.1) is 0 Å². The standard InChI is InChI=1S/C28H35NO.2ClH.Ti/c1-19-14-23(18-29-24-11-3-2-4-12-24)28(30)27(15-19)25-13-7-10-22-16-20-8-5-6-9-21(20)17-26(22)25;;;/h2-4,11-12,14-15,18,20-22,25-26,30H,5-10,13,16-17H2,1H3;2*1H;/q;;;+2/p-2. The molecule has 3 saturated carbocycles. The number of benzene rings is 2. The Morgan fingerprint density at radius 3 is 2.30 bits per heavy atom. The van der Waals surface area contributed by atoms with Gasteiger partial charge in [0.15, 0.2) is 0 Å². The van der Waals surface area contributed by atoms with E-state index in [9.17, 15) is 5.11 Å². The normalized spacial score (nSPS) is 28.9. The van der Waals surface area contributed by atoms with Gasteiger partial charge in [0.05, 0.1) is 5.69 Å². The van der Waals surface area contributed by atoms with E-state index in [1.807, 2.05) is 36.5 Å². The van der Waals surface area contributed by atoms with Crippen molar-refractivity contribution in [2.45, 2.75) is 70.6 Å². The fraction of sp³-hybridized carbons (Fsp3) is 0.536. The van der Waals surface area contributed by atoms with Gasteiger partial charge in [-0.25, -0.2) is 0 Å². The first-order valence-electron chi connectivity index (χ1n) is 12.5. The number of para-hydroxylation sites is 1. The van der Waals surface area contributed by atoms with Gasteiger partial charge in [0.2, 0.25) is 0 Å². The Kier molecular flexibility index (Phi) is 9.39. The Labute approximate surface area is 215 Å². The summed E-state index contributed by atoms with van der Waals surface area (Å²) in [6.45, 7) is 2.15. The average Bonchev–Trinajstić information content (AvgIpc) is 2.84. The topological polar surface area (TPSA) is 32.6 Å². The number of fused-ring (bicyclic) bond motifs is 2. The summed E-state index contributed by atoms with van der Waals surface area (Å²) in [7, 11) is 9.78. The number of hydrogen-bond acceptors (Lipinski definition) is 2. The van der Waals surface area contributed by atoms with E-state index in [1.54, 1.807) is 0 Å². The van der Waals surface area contributed by atoms with E-state index in [0.717, 1.165) is 34.9 Å². The summed E-state index contributed by atoms with van der Waals surface area (Å²) in [5.74, 6) is 4.52. The molecule has 5 unspecified atom stereocenters. The molecule has 0 radical (unpaired) electrons. The molecule has 5 atom stereocenters. The summed E-state index contributed by atoms with van der Waals surface area (Å²) in [5, 5.41) is 11.3. The molecule has 2 aromatic carbocycles. The zero-order valence-corrected chi connectivity index (χ0v) is 22.6. The Morgan fingerprint density at radius 2 is 1.58 bits per heavy atom. The summed E-state index contributed by atoms with van der Waals surface area (Å²) in [6, 6.07) is 14.3. The molecule has 2 aromatic rings. The second-order valence-electron chi connectivity index (χ2n) is 10.2. The molecular weight excluding hydrogens is 485 g/mol. The molecule has 5 heteroatoms. The summed E-state index contributed by atoms with van der Waals surface area (Å²) in [5.41, 5.74) is 4.20. The quantitative estimate of drug-likeness (QED) is 0.318. The van der Waals surface area contributed by atoms with Gasteiger partial charge in [0, 0.05) is 11.8 Å². The van der Waals surface area contributed by atoms with Gasteiger partial charge in [-0.05, 0) is 85.1 Å². The van der Waals surface area contributed by atoms with Crippen molar-refractivity contribution in [2.24, 2.45) is 28.7 Å². The van der Waals surface area contributed by atoms with E-state index in [0.29, 0.717) is 11.7 Å². The number of phenols is 1. The van der Waals surface area contributed by atoms with Gasteiger partial charge in [-0.3, -0.25) is 4.99 Å². The van der Waals surface area contributed by atoms with Crippen LogP contribution < -0.4 is 0 Å². The Bertz CT molecular complexity index is 935. The fourth-order valence-corrected chi connectivity index (χ4v) is 6.91. The zero-order valence-electron chi connectivity index (χ0n) is 19.5. The first-order chi connectivity index (χ1) is 16.1. The van der Waals surface area contributed by atoms with Crippen molar-refractivity contribution >= 4 is 30.5 Å². The molecule has 176 valence electrons. The van der Waals surface area contributed by atoms with Crippen molar-refractivity contribution in [2.75, 3.05) is 0 Å². The van der Waals surface area contributed by atoms with Crippen LogP contribution in [-0.2, 0) is 17.0 Å². The maximum absolute atomic E-state index is 11.3. The van der Waals surface area contributed by atoms with Crippen LogP contribution in [0, 0.1) is 30.6 Å². The second-order valence-corrected chi connectivity index (χ2v) is 12.8. The SMILES string of the molecule is Cc1cc(C=Nc2ccccc2)c(O)c(C2CCCC3CC4CCCCC4CC32)c1.[Cl][Ti][Cl]. The zero-order chi connectivity index (χ0) is 23.2. The van der Waals surface area contributed by atoms with Crippen LogP contribution in [0.4, 0.5) is 5.69 Å². The Hall–Kier alpha value is -0.796. The summed E-state index contributed by atoms with van der Waals surface area (Å²) < 4.78 is 0. The molecule has 3 fully saturated rings. The van der Waals surface area contributed by atoms with Gasteiger partial charge >= 0.3 is 35.6 Å². The van der Waals surface area contributed by atoms with Gasteiger partial charge in [-0.2, -0.15) is 0 Å². The van der Waals surface area contributed by atoms with Crippen molar-refractivity contribution in [1.82, 2.24) is 0 Å². The molecule has 0 aromatic heterocycles. The minimum absolute atomic E-state index is 0.469. The van der Waals surface area contributed by atoms with Crippen LogP contribution in [0.15, 0.2) is 47.5 Å². The van der Waals surface area contributed by atoms with E-state index in [2.05, 4.69) is 24.0 Å². The van der Waals surface area contributed by atoms with E-state index in [1.165, 1.54) is 68.9 Å². The van der Waals surface area contributed by atoms with Gasteiger partial charge < -0.3 is 5.11 Å². The molecule has 0 bridgehead atoms. The van der Waals surface area contributed by atoms with E-state index in [4.69, 9.17) is 18.6 Å². The predicted molar refractivity (Wildman–Crippen MR) is 136 cm³/mol. The van der Waals surface area contributed by atoms with Gasteiger partial charge in [0.1, 0.15) is 5.75 Å². The number of aliphatic imine (C=N–C) groups is 1. The third-order valence-electron chi connectivity index (χ3n) is 8.28. The second kappa shape index (κ2) is 12.3. The third-order valence-corrected chi connectivity index (χ3v) is 8.28. The van der Waals surface area contributed by atoms with Gasteiger partial charge in [0.25, 0.3) is 0 Å². The third kappa shape index (κ3) is 6.26. The first kappa shape index (κ1) is 25.3. The van der Waals surface area contributed by atoms with Crippen LogP contribution in [0.1, 0.15) is 80.4 Å². The minimum atomic E-state index is -0.556. The number of nitrogens with zero attached hydrogens (tertiary/aromatic N) is 1. The molecule has 3 aliphatic rings. The molecule has 1 N–H and O–H groups in total. The molecule has 3 aliphatic carbocycles. The van der Waals surface area contributed by atoms with Crippen LogP contribution in [0.5, 0.6) is 5.75 Å². The molecule has 33 heavy (non-hydrogen) atoms.